The van der Waals surface area contributed by atoms with Crippen molar-refractivity contribution < 1.29 is 8.42 Å². The second-order valence-corrected chi connectivity index (χ2v) is 6.46. The second-order valence-electron chi connectivity index (χ2n) is 4.76. The Balaban J connectivity index is 2.71. The van der Waals surface area contributed by atoms with Gasteiger partial charge >= 0.3 is 0 Å². The zero-order valence-electron chi connectivity index (χ0n) is 12.7. The Hall–Kier alpha value is -1.12. The van der Waals surface area contributed by atoms with Gasteiger partial charge < -0.3 is 10.6 Å². The Labute approximate surface area is 121 Å². The Morgan fingerprint density at radius 1 is 1.35 bits per heavy atom. The number of rotatable bonds is 8. The predicted octanol–water partition coefficient (Wildman–Crippen LogP) is 0.321. The third-order valence-electron chi connectivity index (χ3n) is 3.28. The molecule has 0 spiro atoms. The molecule has 3 N–H and O–H groups in total. The van der Waals surface area contributed by atoms with E-state index in [0.717, 1.165) is 19.5 Å². The van der Waals surface area contributed by atoms with Crippen LogP contribution in [0.25, 0.3) is 0 Å². The zero-order valence-corrected chi connectivity index (χ0v) is 13.5. The number of nitrogens with two attached hydrogens (primary N) is 1. The SMILES string of the molecule is CCCN(CC)CCNS(=O)(=O)c1c(N)nn(C)c1C. The lowest BCUT2D eigenvalue weighted by Gasteiger charge is -2.19. The van der Waals surface area contributed by atoms with Gasteiger partial charge in [0, 0.05) is 20.1 Å². The number of nitrogens with zero attached hydrogens (tertiary/aromatic N) is 3. The Morgan fingerprint density at radius 3 is 2.45 bits per heavy atom. The van der Waals surface area contributed by atoms with E-state index in [9.17, 15) is 8.42 Å². The molecule has 0 amide bonds. The number of anilines is 1. The molecular formula is C12H25N5O2S. The standard InChI is InChI=1S/C12H25N5O2S/c1-5-8-17(6-2)9-7-14-20(18,19)11-10(3)16(4)15-12(11)13/h14H,5-9H2,1-4H3,(H2,13,15). The van der Waals surface area contributed by atoms with E-state index in [1.807, 2.05) is 0 Å². The van der Waals surface area contributed by atoms with Crippen LogP contribution < -0.4 is 10.5 Å². The van der Waals surface area contributed by atoms with Crippen LogP contribution >= 0.6 is 0 Å². The van der Waals surface area contributed by atoms with Crippen molar-refractivity contribution in [3.8, 4) is 0 Å². The van der Waals surface area contributed by atoms with Crippen LogP contribution in [0.2, 0.25) is 0 Å². The molecule has 0 saturated heterocycles. The normalized spacial score (nSPS) is 12.2. The molecule has 116 valence electrons. The number of sulfonamides is 1. The van der Waals surface area contributed by atoms with Crippen molar-refractivity contribution in [3.05, 3.63) is 5.69 Å². The van der Waals surface area contributed by atoms with Gasteiger partial charge in [-0.25, -0.2) is 13.1 Å². The number of likely N-dealkylation sites (N-methyl/N-ethyl adjacent to an activating group) is 1. The van der Waals surface area contributed by atoms with Crippen LogP contribution in [0.5, 0.6) is 0 Å². The van der Waals surface area contributed by atoms with Crippen LogP contribution in [0, 0.1) is 6.92 Å². The van der Waals surface area contributed by atoms with Crippen molar-refractivity contribution in [1.29, 1.82) is 0 Å². The lowest BCUT2D eigenvalue weighted by molar-refractivity contribution is 0.293. The first-order valence-corrected chi connectivity index (χ1v) is 8.32. The summed E-state index contributed by atoms with van der Waals surface area (Å²) >= 11 is 0. The van der Waals surface area contributed by atoms with Gasteiger partial charge in [0.05, 0.1) is 5.69 Å². The molecule has 1 aromatic heterocycles. The summed E-state index contributed by atoms with van der Waals surface area (Å²) in [4.78, 5) is 2.28. The number of aromatic nitrogens is 2. The largest absolute Gasteiger partial charge is 0.381 e. The predicted molar refractivity (Wildman–Crippen MR) is 80.0 cm³/mol. The Morgan fingerprint density at radius 2 is 2.00 bits per heavy atom. The molecule has 1 aromatic rings. The van der Waals surface area contributed by atoms with E-state index in [0.29, 0.717) is 18.8 Å². The molecule has 0 saturated carbocycles. The van der Waals surface area contributed by atoms with Crippen molar-refractivity contribution in [2.45, 2.75) is 32.1 Å². The lowest BCUT2D eigenvalue weighted by Crippen LogP contribution is -2.35. The first-order chi connectivity index (χ1) is 9.33. The zero-order chi connectivity index (χ0) is 15.3. The highest BCUT2D eigenvalue weighted by atomic mass is 32.2. The number of nitrogens with one attached hydrogen (secondary N) is 1. The average molecular weight is 303 g/mol. The van der Waals surface area contributed by atoms with Gasteiger partial charge in [-0.3, -0.25) is 4.68 Å². The van der Waals surface area contributed by atoms with Gasteiger partial charge in [-0.1, -0.05) is 13.8 Å². The quantitative estimate of drug-likeness (QED) is 0.721. The number of hydrogen-bond donors (Lipinski definition) is 2. The first-order valence-electron chi connectivity index (χ1n) is 6.84. The summed E-state index contributed by atoms with van der Waals surface area (Å²) in [5, 5.41) is 3.93. The van der Waals surface area contributed by atoms with Gasteiger partial charge in [0.15, 0.2) is 5.82 Å². The molecule has 0 aromatic carbocycles. The lowest BCUT2D eigenvalue weighted by atomic mass is 10.4. The van der Waals surface area contributed by atoms with Crippen LogP contribution in [0.3, 0.4) is 0 Å². The number of aryl methyl sites for hydroxylation is 1. The molecule has 1 heterocycles. The highest BCUT2D eigenvalue weighted by molar-refractivity contribution is 7.89. The topological polar surface area (TPSA) is 93.2 Å². The van der Waals surface area contributed by atoms with Gasteiger partial charge in [-0.05, 0) is 26.4 Å². The van der Waals surface area contributed by atoms with Crippen molar-refractivity contribution in [2.24, 2.45) is 7.05 Å². The molecular weight excluding hydrogens is 278 g/mol. The van der Waals surface area contributed by atoms with Crippen LogP contribution in [-0.4, -0.2) is 49.3 Å². The molecule has 20 heavy (non-hydrogen) atoms. The average Bonchev–Trinajstić information content (AvgIpc) is 2.62. The fourth-order valence-electron chi connectivity index (χ4n) is 2.10. The Kier molecular flexibility index (Phi) is 5.97. The first kappa shape index (κ1) is 16.9. The van der Waals surface area contributed by atoms with E-state index in [2.05, 4.69) is 28.6 Å². The highest BCUT2D eigenvalue weighted by Gasteiger charge is 2.24. The molecule has 0 aliphatic rings. The summed E-state index contributed by atoms with van der Waals surface area (Å²) in [5.74, 6) is 0.0402. The molecule has 0 unspecified atom stereocenters. The molecule has 0 radical (unpaired) electrons. The number of hydrogen-bond acceptors (Lipinski definition) is 5. The maximum Gasteiger partial charge on any atom is 0.246 e. The van der Waals surface area contributed by atoms with Gasteiger partial charge in [0.25, 0.3) is 0 Å². The van der Waals surface area contributed by atoms with Crippen molar-refractivity contribution in [3.63, 3.8) is 0 Å². The van der Waals surface area contributed by atoms with Gasteiger partial charge in [-0.15, -0.1) is 0 Å². The van der Waals surface area contributed by atoms with Crippen LogP contribution in [0.4, 0.5) is 5.82 Å². The molecule has 7 nitrogen and oxygen atoms in total. The summed E-state index contributed by atoms with van der Waals surface area (Å²) in [7, 11) is -1.93. The summed E-state index contributed by atoms with van der Waals surface area (Å²) in [6, 6.07) is 0. The van der Waals surface area contributed by atoms with Crippen molar-refractivity contribution in [1.82, 2.24) is 19.4 Å². The van der Waals surface area contributed by atoms with E-state index in [4.69, 9.17) is 5.73 Å². The van der Waals surface area contributed by atoms with Crippen LogP contribution in [0.15, 0.2) is 4.90 Å². The third kappa shape index (κ3) is 3.94. The van der Waals surface area contributed by atoms with Crippen molar-refractivity contribution in [2.75, 3.05) is 31.9 Å². The maximum atomic E-state index is 12.3. The minimum Gasteiger partial charge on any atom is -0.381 e. The molecule has 1 rings (SSSR count). The van der Waals surface area contributed by atoms with Crippen molar-refractivity contribution >= 4 is 15.8 Å². The van der Waals surface area contributed by atoms with E-state index < -0.39 is 10.0 Å². The smallest absolute Gasteiger partial charge is 0.246 e. The highest BCUT2D eigenvalue weighted by Crippen LogP contribution is 2.20. The van der Waals surface area contributed by atoms with E-state index in [1.54, 1.807) is 14.0 Å². The number of nitrogen functional groups attached to an aromatic ring is 1. The molecule has 0 fully saturated rings. The second kappa shape index (κ2) is 7.05. The van der Waals surface area contributed by atoms with Crippen LogP contribution in [-0.2, 0) is 17.1 Å². The fourth-order valence-corrected chi connectivity index (χ4v) is 3.44. The summed E-state index contributed by atoms with van der Waals surface area (Å²) < 4.78 is 28.6. The van der Waals surface area contributed by atoms with E-state index >= 15 is 0 Å². The maximum absolute atomic E-state index is 12.3. The molecule has 0 atom stereocenters. The molecule has 0 aliphatic heterocycles. The van der Waals surface area contributed by atoms with E-state index in [-0.39, 0.29) is 10.7 Å². The minimum atomic E-state index is -3.60. The summed E-state index contributed by atoms with van der Waals surface area (Å²) in [6.45, 7) is 8.77. The Bertz CT molecular complexity index is 538. The summed E-state index contributed by atoms with van der Waals surface area (Å²) in [5.41, 5.74) is 6.21. The van der Waals surface area contributed by atoms with E-state index in [1.165, 1.54) is 4.68 Å². The van der Waals surface area contributed by atoms with Gasteiger partial charge in [0.2, 0.25) is 10.0 Å². The van der Waals surface area contributed by atoms with Gasteiger partial charge in [-0.2, -0.15) is 5.10 Å². The van der Waals surface area contributed by atoms with Crippen LogP contribution in [0.1, 0.15) is 26.0 Å². The van der Waals surface area contributed by atoms with Gasteiger partial charge in [0.1, 0.15) is 4.90 Å². The monoisotopic (exact) mass is 303 g/mol. The third-order valence-corrected chi connectivity index (χ3v) is 4.91. The summed E-state index contributed by atoms with van der Waals surface area (Å²) in [6.07, 6.45) is 1.05. The molecule has 0 aliphatic carbocycles. The molecule has 8 heteroatoms. The molecule has 0 bridgehead atoms. The minimum absolute atomic E-state index is 0.0402. The fraction of sp³-hybridized carbons (Fsp3) is 0.750.